The molecule has 0 heterocycles. The monoisotopic (exact) mass is 136 g/mol. The number of nitrogens with zero attached hydrogens (tertiary/aromatic N) is 1. The zero-order chi connectivity index (χ0) is 6.57. The standard InChI is InChI=1S/C6H11NO.Na/c1-5(2)4-6(3)7-8;/h4,8H,1-3H3;. The fraction of sp³-hybridized carbons (Fsp3) is 0.500. The van der Waals surface area contributed by atoms with E-state index in [4.69, 9.17) is 5.21 Å². The van der Waals surface area contributed by atoms with Gasteiger partial charge in [0.1, 0.15) is 0 Å². The first kappa shape index (κ1) is 11.9. The second-order valence-corrected chi connectivity index (χ2v) is 1.96. The van der Waals surface area contributed by atoms with E-state index in [0.717, 1.165) is 5.57 Å². The summed E-state index contributed by atoms with van der Waals surface area (Å²) in [5.74, 6) is 0. The molecule has 0 unspecified atom stereocenters. The molecule has 2 nitrogen and oxygen atoms in total. The van der Waals surface area contributed by atoms with Gasteiger partial charge in [0, 0.05) is 29.6 Å². The molecule has 9 heavy (non-hydrogen) atoms. The molecule has 0 rings (SSSR count). The Morgan fingerprint density at radius 1 is 1.33 bits per heavy atom. The fourth-order valence-corrected chi connectivity index (χ4v) is 0.447. The summed E-state index contributed by atoms with van der Waals surface area (Å²) in [6.45, 7) is 5.65. The minimum absolute atomic E-state index is 0. The summed E-state index contributed by atoms with van der Waals surface area (Å²) in [6, 6.07) is 0. The second kappa shape index (κ2) is 6.33. The Morgan fingerprint density at radius 3 is 1.89 bits per heavy atom. The molecule has 0 saturated carbocycles. The smallest absolute Gasteiger partial charge is 0.0764 e. The summed E-state index contributed by atoms with van der Waals surface area (Å²) in [6.07, 6.45) is 1.81. The number of oxime groups is 1. The molecule has 0 aliphatic rings. The van der Waals surface area contributed by atoms with Crippen LogP contribution in [-0.2, 0) is 0 Å². The van der Waals surface area contributed by atoms with E-state index in [1.807, 2.05) is 13.8 Å². The molecule has 1 radical (unpaired) electrons. The van der Waals surface area contributed by atoms with Crippen molar-refractivity contribution in [2.75, 3.05) is 0 Å². The Balaban J connectivity index is 0. The van der Waals surface area contributed by atoms with E-state index in [1.54, 1.807) is 13.0 Å². The van der Waals surface area contributed by atoms with Crippen LogP contribution in [0.1, 0.15) is 20.8 Å². The molecule has 3 heteroatoms. The zero-order valence-electron chi connectivity index (χ0n) is 6.47. The minimum atomic E-state index is 0. The molecular weight excluding hydrogens is 125 g/mol. The average molecular weight is 136 g/mol. The molecule has 1 N–H and O–H groups in total. The van der Waals surface area contributed by atoms with Crippen molar-refractivity contribution in [2.45, 2.75) is 20.8 Å². The first-order valence-corrected chi connectivity index (χ1v) is 2.50. The third-order valence-electron chi connectivity index (χ3n) is 0.655. The Morgan fingerprint density at radius 2 is 1.78 bits per heavy atom. The van der Waals surface area contributed by atoms with E-state index in [2.05, 4.69) is 5.16 Å². The Labute approximate surface area is 77.9 Å². The van der Waals surface area contributed by atoms with Crippen molar-refractivity contribution < 1.29 is 5.21 Å². The summed E-state index contributed by atoms with van der Waals surface area (Å²) < 4.78 is 0. The van der Waals surface area contributed by atoms with Gasteiger partial charge in [0.25, 0.3) is 0 Å². The molecule has 0 spiro atoms. The summed E-state index contributed by atoms with van der Waals surface area (Å²) in [5.41, 5.74) is 1.78. The summed E-state index contributed by atoms with van der Waals surface area (Å²) in [7, 11) is 0. The van der Waals surface area contributed by atoms with Crippen LogP contribution in [0.15, 0.2) is 16.8 Å². The Bertz CT molecular complexity index is 125. The van der Waals surface area contributed by atoms with E-state index in [9.17, 15) is 0 Å². The summed E-state index contributed by atoms with van der Waals surface area (Å²) >= 11 is 0. The number of rotatable bonds is 1. The number of hydrogen-bond acceptors (Lipinski definition) is 2. The normalized spacial score (nSPS) is 9.89. The quantitative estimate of drug-likeness (QED) is 0.251. The maximum Gasteiger partial charge on any atom is 0.0764 e. The van der Waals surface area contributed by atoms with Gasteiger partial charge in [0.15, 0.2) is 0 Å². The molecule has 0 aliphatic heterocycles. The van der Waals surface area contributed by atoms with Gasteiger partial charge in [0.2, 0.25) is 0 Å². The van der Waals surface area contributed by atoms with Gasteiger partial charge in [0.05, 0.1) is 5.71 Å². The SMILES string of the molecule is CC(C)=CC(C)=NO.[Na]. The average Bonchev–Trinajstić information content (AvgIpc) is 1.65. The van der Waals surface area contributed by atoms with Crippen LogP contribution in [-0.4, -0.2) is 40.5 Å². The van der Waals surface area contributed by atoms with E-state index in [1.165, 1.54) is 0 Å². The fourth-order valence-electron chi connectivity index (χ4n) is 0.447. The van der Waals surface area contributed by atoms with E-state index in [-0.39, 0.29) is 29.6 Å². The second-order valence-electron chi connectivity index (χ2n) is 1.96. The van der Waals surface area contributed by atoms with Crippen LogP contribution < -0.4 is 0 Å². The van der Waals surface area contributed by atoms with Crippen LogP contribution in [0.4, 0.5) is 0 Å². The van der Waals surface area contributed by atoms with Gasteiger partial charge < -0.3 is 5.21 Å². The van der Waals surface area contributed by atoms with Crippen LogP contribution in [0.5, 0.6) is 0 Å². The van der Waals surface area contributed by atoms with Gasteiger partial charge in [-0.1, -0.05) is 10.7 Å². The Kier molecular flexibility index (Phi) is 8.40. The first-order valence-electron chi connectivity index (χ1n) is 2.50. The minimum Gasteiger partial charge on any atom is -0.411 e. The third kappa shape index (κ3) is 8.21. The van der Waals surface area contributed by atoms with Gasteiger partial charge in [-0.2, -0.15) is 0 Å². The van der Waals surface area contributed by atoms with E-state index < -0.39 is 0 Å². The number of hydrogen-bond donors (Lipinski definition) is 1. The van der Waals surface area contributed by atoms with Crippen LogP contribution in [0.25, 0.3) is 0 Å². The van der Waals surface area contributed by atoms with Crippen LogP contribution >= 0.6 is 0 Å². The molecule has 0 bridgehead atoms. The molecule has 0 saturated heterocycles. The molecule has 0 amide bonds. The van der Waals surface area contributed by atoms with Gasteiger partial charge in [-0.05, 0) is 26.8 Å². The Hall–Kier alpha value is 0.210. The number of allylic oxidation sites excluding steroid dienone is 2. The molecule has 47 valence electrons. The van der Waals surface area contributed by atoms with E-state index >= 15 is 0 Å². The van der Waals surface area contributed by atoms with Crippen LogP contribution in [0.2, 0.25) is 0 Å². The van der Waals surface area contributed by atoms with Gasteiger partial charge in [-0.3, -0.25) is 0 Å². The van der Waals surface area contributed by atoms with Crippen molar-refractivity contribution in [2.24, 2.45) is 5.16 Å². The predicted octanol–water partition coefficient (Wildman–Crippen LogP) is 1.42. The van der Waals surface area contributed by atoms with Crippen molar-refractivity contribution in [1.82, 2.24) is 0 Å². The largest absolute Gasteiger partial charge is 0.411 e. The maximum absolute atomic E-state index is 8.13. The molecule has 0 aromatic rings. The first-order chi connectivity index (χ1) is 3.66. The molecular formula is C6H11NNaO. The van der Waals surface area contributed by atoms with Crippen molar-refractivity contribution >= 4 is 35.3 Å². The maximum atomic E-state index is 8.13. The topological polar surface area (TPSA) is 32.6 Å². The van der Waals surface area contributed by atoms with Gasteiger partial charge in [-0.25, -0.2) is 0 Å². The molecule has 0 aromatic carbocycles. The van der Waals surface area contributed by atoms with Gasteiger partial charge >= 0.3 is 0 Å². The van der Waals surface area contributed by atoms with Crippen molar-refractivity contribution in [3.63, 3.8) is 0 Å². The van der Waals surface area contributed by atoms with Crippen LogP contribution in [0.3, 0.4) is 0 Å². The predicted molar refractivity (Wildman–Crippen MR) is 40.1 cm³/mol. The van der Waals surface area contributed by atoms with Gasteiger partial charge in [-0.15, -0.1) is 0 Å². The molecule has 0 aromatic heterocycles. The molecule has 0 fully saturated rings. The van der Waals surface area contributed by atoms with Crippen LogP contribution in [0, 0.1) is 0 Å². The third-order valence-corrected chi connectivity index (χ3v) is 0.655. The van der Waals surface area contributed by atoms with Crippen molar-refractivity contribution in [3.8, 4) is 0 Å². The summed E-state index contributed by atoms with van der Waals surface area (Å²) in [5, 5.41) is 11.1. The molecule has 0 aliphatic carbocycles. The van der Waals surface area contributed by atoms with Crippen molar-refractivity contribution in [3.05, 3.63) is 11.6 Å². The van der Waals surface area contributed by atoms with E-state index in [0.29, 0.717) is 5.71 Å². The zero-order valence-corrected chi connectivity index (χ0v) is 8.47. The summed E-state index contributed by atoms with van der Waals surface area (Å²) in [4.78, 5) is 0. The van der Waals surface area contributed by atoms with Crippen molar-refractivity contribution in [1.29, 1.82) is 0 Å². The molecule has 0 atom stereocenters.